The maximum absolute atomic E-state index is 11.3. The summed E-state index contributed by atoms with van der Waals surface area (Å²) in [6.45, 7) is 5.92. The average molecular weight is 245 g/mol. The van der Waals surface area contributed by atoms with Gasteiger partial charge in [0.05, 0.1) is 5.41 Å². The van der Waals surface area contributed by atoms with E-state index in [0.29, 0.717) is 6.61 Å². The van der Waals surface area contributed by atoms with Crippen molar-refractivity contribution >= 4 is 11.9 Å². The number of ether oxygens (including phenoxy) is 1. The van der Waals surface area contributed by atoms with Gasteiger partial charge in [-0.1, -0.05) is 19.8 Å². The average Bonchev–Trinajstić information content (AvgIpc) is 2.26. The lowest BCUT2D eigenvalue weighted by Crippen LogP contribution is -2.40. The summed E-state index contributed by atoms with van der Waals surface area (Å²) in [5.41, 5.74) is -0.947. The third-order valence-corrected chi connectivity index (χ3v) is 2.43. The molecule has 1 amide bonds. The molecule has 17 heavy (non-hydrogen) atoms. The topological polar surface area (TPSA) is 75.6 Å². The summed E-state index contributed by atoms with van der Waals surface area (Å²) in [7, 11) is 0. The SMILES string of the molecule is CCCCCOCC(=O)NCC(C)(C)C(=O)O. The number of aliphatic carboxylic acids is 1. The van der Waals surface area contributed by atoms with Crippen molar-refractivity contribution in [2.24, 2.45) is 5.41 Å². The number of carboxylic acids is 1. The summed E-state index contributed by atoms with van der Waals surface area (Å²) < 4.78 is 5.16. The molecule has 2 N–H and O–H groups in total. The highest BCUT2D eigenvalue weighted by Gasteiger charge is 2.27. The molecule has 0 bridgehead atoms. The molecule has 0 aromatic heterocycles. The molecule has 0 aromatic rings. The van der Waals surface area contributed by atoms with Crippen LogP contribution in [0.1, 0.15) is 40.0 Å². The summed E-state index contributed by atoms with van der Waals surface area (Å²) in [4.78, 5) is 22.1. The molecular weight excluding hydrogens is 222 g/mol. The Labute approximate surface area is 103 Å². The number of hydrogen-bond donors (Lipinski definition) is 2. The fraction of sp³-hybridized carbons (Fsp3) is 0.833. The van der Waals surface area contributed by atoms with Gasteiger partial charge in [-0.3, -0.25) is 9.59 Å². The highest BCUT2D eigenvalue weighted by Crippen LogP contribution is 2.12. The minimum absolute atomic E-state index is 0.000582. The number of carbonyl (C=O) groups is 2. The smallest absolute Gasteiger partial charge is 0.310 e. The molecule has 0 unspecified atom stereocenters. The van der Waals surface area contributed by atoms with E-state index >= 15 is 0 Å². The van der Waals surface area contributed by atoms with Crippen molar-refractivity contribution in [3.63, 3.8) is 0 Å². The monoisotopic (exact) mass is 245 g/mol. The highest BCUT2D eigenvalue weighted by molar-refractivity contribution is 5.79. The third-order valence-electron chi connectivity index (χ3n) is 2.43. The van der Waals surface area contributed by atoms with Gasteiger partial charge in [-0.25, -0.2) is 0 Å². The van der Waals surface area contributed by atoms with Crippen molar-refractivity contribution < 1.29 is 19.4 Å². The van der Waals surface area contributed by atoms with Crippen molar-refractivity contribution in [2.75, 3.05) is 19.8 Å². The van der Waals surface area contributed by atoms with Crippen molar-refractivity contribution in [1.29, 1.82) is 0 Å². The van der Waals surface area contributed by atoms with E-state index in [1.165, 1.54) is 0 Å². The van der Waals surface area contributed by atoms with Gasteiger partial charge in [-0.05, 0) is 20.3 Å². The van der Waals surface area contributed by atoms with Crippen molar-refractivity contribution in [1.82, 2.24) is 5.32 Å². The van der Waals surface area contributed by atoms with Gasteiger partial charge in [0, 0.05) is 13.2 Å². The molecule has 0 fully saturated rings. The largest absolute Gasteiger partial charge is 0.481 e. The van der Waals surface area contributed by atoms with Gasteiger partial charge in [-0.15, -0.1) is 0 Å². The fourth-order valence-electron chi connectivity index (χ4n) is 1.07. The number of amides is 1. The second kappa shape index (κ2) is 8.06. The fourth-order valence-corrected chi connectivity index (χ4v) is 1.07. The molecule has 0 aliphatic heterocycles. The van der Waals surface area contributed by atoms with Gasteiger partial charge in [0.1, 0.15) is 6.61 Å². The zero-order chi connectivity index (χ0) is 13.3. The number of hydrogen-bond acceptors (Lipinski definition) is 3. The quantitative estimate of drug-likeness (QED) is 0.602. The summed E-state index contributed by atoms with van der Waals surface area (Å²) in [5, 5.41) is 11.4. The highest BCUT2D eigenvalue weighted by atomic mass is 16.5. The zero-order valence-corrected chi connectivity index (χ0v) is 10.9. The lowest BCUT2D eigenvalue weighted by Gasteiger charge is -2.19. The van der Waals surface area contributed by atoms with E-state index in [0.717, 1.165) is 19.3 Å². The van der Waals surface area contributed by atoms with Crippen LogP contribution >= 0.6 is 0 Å². The second-order valence-corrected chi connectivity index (χ2v) is 4.73. The number of nitrogens with one attached hydrogen (secondary N) is 1. The second-order valence-electron chi connectivity index (χ2n) is 4.73. The van der Waals surface area contributed by atoms with Crippen LogP contribution < -0.4 is 5.32 Å². The number of rotatable bonds is 9. The van der Waals surface area contributed by atoms with Gasteiger partial charge in [0.25, 0.3) is 0 Å². The lowest BCUT2D eigenvalue weighted by atomic mass is 9.94. The van der Waals surface area contributed by atoms with Crippen LogP contribution in [0.15, 0.2) is 0 Å². The van der Waals surface area contributed by atoms with E-state index in [1.807, 2.05) is 0 Å². The van der Waals surface area contributed by atoms with E-state index in [2.05, 4.69) is 12.2 Å². The van der Waals surface area contributed by atoms with Gasteiger partial charge >= 0.3 is 5.97 Å². The van der Waals surface area contributed by atoms with E-state index in [-0.39, 0.29) is 19.1 Å². The summed E-state index contributed by atoms with van der Waals surface area (Å²) in [6, 6.07) is 0. The molecule has 0 rings (SSSR count). The maximum atomic E-state index is 11.3. The zero-order valence-electron chi connectivity index (χ0n) is 10.9. The summed E-state index contributed by atoms with van der Waals surface area (Å²) >= 11 is 0. The van der Waals surface area contributed by atoms with Crippen molar-refractivity contribution in [3.8, 4) is 0 Å². The Morgan fingerprint density at radius 2 is 1.94 bits per heavy atom. The first-order valence-electron chi connectivity index (χ1n) is 5.98. The summed E-state index contributed by atoms with van der Waals surface area (Å²) in [6.07, 6.45) is 3.15. The van der Waals surface area contributed by atoms with Gasteiger partial charge < -0.3 is 15.2 Å². The van der Waals surface area contributed by atoms with Crippen molar-refractivity contribution in [2.45, 2.75) is 40.0 Å². The third kappa shape index (κ3) is 7.74. The molecular formula is C12H23NO4. The van der Waals surface area contributed by atoms with Crippen LogP contribution in [0.4, 0.5) is 0 Å². The van der Waals surface area contributed by atoms with Gasteiger partial charge in [0.2, 0.25) is 5.91 Å². The van der Waals surface area contributed by atoms with Gasteiger partial charge in [0.15, 0.2) is 0 Å². The predicted octanol–water partition coefficient (Wildman–Crippen LogP) is 1.42. The van der Waals surface area contributed by atoms with Crippen LogP contribution in [0.5, 0.6) is 0 Å². The molecule has 0 saturated carbocycles. The standard InChI is InChI=1S/C12H23NO4/c1-4-5-6-7-17-8-10(14)13-9-12(2,3)11(15)16/h4-9H2,1-3H3,(H,13,14)(H,15,16). The van der Waals surface area contributed by atoms with Crippen LogP contribution in [0.2, 0.25) is 0 Å². The number of carboxylic acid groups (broad SMARTS) is 1. The first-order valence-corrected chi connectivity index (χ1v) is 5.98. The Kier molecular flexibility index (Phi) is 7.54. The number of unbranched alkanes of at least 4 members (excludes halogenated alkanes) is 2. The van der Waals surface area contributed by atoms with Crippen LogP contribution in [0, 0.1) is 5.41 Å². The first-order chi connectivity index (χ1) is 7.90. The molecule has 100 valence electrons. The molecule has 0 radical (unpaired) electrons. The van der Waals surface area contributed by atoms with E-state index in [1.54, 1.807) is 13.8 Å². The molecule has 0 atom stereocenters. The van der Waals surface area contributed by atoms with Crippen LogP contribution in [-0.4, -0.2) is 36.7 Å². The van der Waals surface area contributed by atoms with E-state index in [4.69, 9.17) is 9.84 Å². The Balaban J connectivity index is 3.63. The van der Waals surface area contributed by atoms with E-state index < -0.39 is 11.4 Å². The number of carbonyl (C=O) groups excluding carboxylic acids is 1. The Morgan fingerprint density at radius 1 is 1.29 bits per heavy atom. The molecule has 0 aliphatic carbocycles. The van der Waals surface area contributed by atoms with Crippen LogP contribution in [0.3, 0.4) is 0 Å². The maximum Gasteiger partial charge on any atom is 0.310 e. The van der Waals surface area contributed by atoms with Crippen LogP contribution in [0.25, 0.3) is 0 Å². The normalized spacial score (nSPS) is 11.2. The molecule has 0 saturated heterocycles. The van der Waals surface area contributed by atoms with Crippen molar-refractivity contribution in [3.05, 3.63) is 0 Å². The molecule has 5 heteroatoms. The molecule has 0 aliphatic rings. The lowest BCUT2D eigenvalue weighted by molar-refractivity contribution is -0.146. The van der Waals surface area contributed by atoms with Crippen LogP contribution in [-0.2, 0) is 14.3 Å². The molecule has 0 spiro atoms. The van der Waals surface area contributed by atoms with E-state index in [9.17, 15) is 9.59 Å². The Morgan fingerprint density at radius 3 is 2.47 bits per heavy atom. The molecule has 0 heterocycles. The Hall–Kier alpha value is -1.10. The predicted molar refractivity (Wildman–Crippen MR) is 64.8 cm³/mol. The molecule has 5 nitrogen and oxygen atoms in total. The first kappa shape index (κ1) is 15.9. The van der Waals surface area contributed by atoms with Gasteiger partial charge in [-0.2, -0.15) is 0 Å². The Bertz CT molecular complexity index is 251. The minimum atomic E-state index is -0.947. The minimum Gasteiger partial charge on any atom is -0.481 e. The summed E-state index contributed by atoms with van der Waals surface area (Å²) in [5.74, 6) is -1.20. The molecule has 0 aromatic carbocycles.